The van der Waals surface area contributed by atoms with Crippen LogP contribution < -0.4 is 5.32 Å². The average molecular weight is 226 g/mol. The maximum atomic E-state index is 4.43. The molecule has 3 rings (SSSR count). The quantitative estimate of drug-likeness (QED) is 0.794. The normalized spacial score (nSPS) is 15.1. The van der Waals surface area contributed by atoms with E-state index in [1.165, 1.54) is 11.3 Å². The smallest absolute Gasteiger partial charge is 0.116 e. The van der Waals surface area contributed by atoms with Crippen molar-refractivity contribution in [3.8, 4) is 11.3 Å². The van der Waals surface area contributed by atoms with Gasteiger partial charge in [0.25, 0.3) is 0 Å². The molecule has 0 bridgehead atoms. The van der Waals surface area contributed by atoms with Crippen LogP contribution in [-0.2, 0) is 12.8 Å². The Morgan fingerprint density at radius 3 is 2.94 bits per heavy atom. The minimum atomic E-state index is 0.977. The van der Waals surface area contributed by atoms with Gasteiger partial charge in [-0.05, 0) is 25.1 Å². The number of hydrogen-bond acceptors (Lipinski definition) is 4. The molecule has 4 heteroatoms. The maximum Gasteiger partial charge on any atom is 0.116 e. The molecule has 1 aliphatic rings. The van der Waals surface area contributed by atoms with Crippen LogP contribution in [0.5, 0.6) is 0 Å². The van der Waals surface area contributed by atoms with Crippen molar-refractivity contribution in [1.29, 1.82) is 0 Å². The zero-order valence-electron chi connectivity index (χ0n) is 9.56. The lowest BCUT2D eigenvalue weighted by Gasteiger charge is -2.09. The third kappa shape index (κ3) is 2.03. The summed E-state index contributed by atoms with van der Waals surface area (Å²) >= 11 is 0. The number of aromatic nitrogens is 3. The molecule has 0 radical (unpaired) electrons. The van der Waals surface area contributed by atoms with Crippen molar-refractivity contribution in [3.63, 3.8) is 0 Å². The highest BCUT2D eigenvalue weighted by atomic mass is 14.9. The molecule has 0 saturated carbocycles. The first-order chi connectivity index (χ1) is 8.45. The Bertz CT molecular complexity index is 510. The lowest BCUT2D eigenvalue weighted by molar-refractivity contribution is 0.708. The summed E-state index contributed by atoms with van der Waals surface area (Å²) in [5, 5.41) is 3.39. The van der Waals surface area contributed by atoms with Gasteiger partial charge in [-0.1, -0.05) is 0 Å². The molecule has 0 amide bonds. The third-order valence-electron chi connectivity index (χ3n) is 3.06. The average Bonchev–Trinajstić information content (AvgIpc) is 2.64. The first-order valence-electron chi connectivity index (χ1n) is 5.89. The van der Waals surface area contributed by atoms with E-state index in [1.54, 1.807) is 12.5 Å². The van der Waals surface area contributed by atoms with Crippen LogP contribution in [-0.4, -0.2) is 28.0 Å². The van der Waals surface area contributed by atoms with Crippen molar-refractivity contribution in [3.05, 3.63) is 42.1 Å². The van der Waals surface area contributed by atoms with Crippen molar-refractivity contribution in [1.82, 2.24) is 20.3 Å². The Hall–Kier alpha value is -1.81. The van der Waals surface area contributed by atoms with Gasteiger partial charge in [0, 0.05) is 42.2 Å². The molecule has 1 N–H and O–H groups in total. The fraction of sp³-hybridized carbons (Fsp3) is 0.308. The fourth-order valence-electron chi connectivity index (χ4n) is 2.22. The molecule has 0 saturated heterocycles. The SMILES string of the molecule is c1cncc(-c2ncnc3c2CCNCC3)c1. The second kappa shape index (κ2) is 4.59. The molecule has 17 heavy (non-hydrogen) atoms. The van der Waals surface area contributed by atoms with Crippen molar-refractivity contribution < 1.29 is 0 Å². The van der Waals surface area contributed by atoms with Crippen LogP contribution in [0.25, 0.3) is 11.3 Å². The summed E-state index contributed by atoms with van der Waals surface area (Å²) in [5.74, 6) is 0. The van der Waals surface area contributed by atoms with Gasteiger partial charge in [0.15, 0.2) is 0 Å². The van der Waals surface area contributed by atoms with Gasteiger partial charge in [0.05, 0.1) is 5.69 Å². The molecular weight excluding hydrogens is 212 g/mol. The molecular formula is C13H14N4. The highest BCUT2D eigenvalue weighted by Crippen LogP contribution is 2.23. The van der Waals surface area contributed by atoms with Crippen LogP contribution in [0.1, 0.15) is 11.3 Å². The molecule has 0 aliphatic carbocycles. The van der Waals surface area contributed by atoms with Crippen molar-refractivity contribution in [2.45, 2.75) is 12.8 Å². The number of rotatable bonds is 1. The van der Waals surface area contributed by atoms with E-state index in [2.05, 4.69) is 20.3 Å². The first-order valence-corrected chi connectivity index (χ1v) is 5.89. The summed E-state index contributed by atoms with van der Waals surface area (Å²) in [6, 6.07) is 3.99. The van der Waals surface area contributed by atoms with E-state index < -0.39 is 0 Å². The predicted octanol–water partition coefficient (Wildman–Crippen LogP) is 1.23. The second-order valence-electron chi connectivity index (χ2n) is 4.14. The molecule has 0 fully saturated rings. The Kier molecular flexibility index (Phi) is 2.80. The zero-order chi connectivity index (χ0) is 11.5. The standard InChI is InChI=1S/C13H14N4/c1-2-10(8-15-5-1)13-11-3-6-14-7-4-12(11)16-9-17-13/h1-2,5,8-9,14H,3-4,6-7H2. The van der Waals surface area contributed by atoms with E-state index in [9.17, 15) is 0 Å². The predicted molar refractivity (Wildman–Crippen MR) is 65.5 cm³/mol. The minimum absolute atomic E-state index is 0.977. The fourth-order valence-corrected chi connectivity index (χ4v) is 2.22. The Morgan fingerprint density at radius 1 is 1.12 bits per heavy atom. The monoisotopic (exact) mass is 226 g/mol. The summed E-state index contributed by atoms with van der Waals surface area (Å²) < 4.78 is 0. The molecule has 2 aromatic heterocycles. The van der Waals surface area contributed by atoms with E-state index in [0.717, 1.165) is 37.2 Å². The van der Waals surface area contributed by atoms with E-state index in [-0.39, 0.29) is 0 Å². The first kappa shape index (κ1) is 10.4. The van der Waals surface area contributed by atoms with E-state index >= 15 is 0 Å². The van der Waals surface area contributed by atoms with Gasteiger partial charge in [-0.2, -0.15) is 0 Å². The van der Waals surface area contributed by atoms with E-state index in [4.69, 9.17) is 0 Å². The molecule has 0 unspecified atom stereocenters. The van der Waals surface area contributed by atoms with Crippen LogP contribution in [0.3, 0.4) is 0 Å². The third-order valence-corrected chi connectivity index (χ3v) is 3.06. The lowest BCUT2D eigenvalue weighted by atomic mass is 10.0. The van der Waals surface area contributed by atoms with E-state index in [1.807, 2.05) is 18.3 Å². The highest BCUT2D eigenvalue weighted by Gasteiger charge is 2.14. The molecule has 0 spiro atoms. The van der Waals surface area contributed by atoms with Gasteiger partial charge in [0.1, 0.15) is 6.33 Å². The van der Waals surface area contributed by atoms with Crippen molar-refractivity contribution in [2.75, 3.05) is 13.1 Å². The van der Waals surface area contributed by atoms with Crippen LogP contribution in [0.2, 0.25) is 0 Å². The van der Waals surface area contributed by atoms with Gasteiger partial charge in [0.2, 0.25) is 0 Å². The van der Waals surface area contributed by atoms with Gasteiger partial charge in [-0.25, -0.2) is 9.97 Å². The molecule has 2 aromatic rings. The molecule has 3 heterocycles. The van der Waals surface area contributed by atoms with Gasteiger partial charge in [-0.15, -0.1) is 0 Å². The van der Waals surface area contributed by atoms with Gasteiger partial charge in [-0.3, -0.25) is 4.98 Å². The van der Waals surface area contributed by atoms with Crippen LogP contribution >= 0.6 is 0 Å². The molecule has 1 aliphatic heterocycles. The van der Waals surface area contributed by atoms with Crippen molar-refractivity contribution in [2.24, 2.45) is 0 Å². The number of nitrogens with zero attached hydrogens (tertiary/aromatic N) is 3. The topological polar surface area (TPSA) is 50.7 Å². The van der Waals surface area contributed by atoms with Crippen LogP contribution in [0, 0.1) is 0 Å². The minimum Gasteiger partial charge on any atom is -0.316 e. The van der Waals surface area contributed by atoms with Crippen LogP contribution in [0.4, 0.5) is 0 Å². The zero-order valence-corrected chi connectivity index (χ0v) is 9.56. The maximum absolute atomic E-state index is 4.43. The summed E-state index contributed by atoms with van der Waals surface area (Å²) in [4.78, 5) is 13.0. The summed E-state index contributed by atoms with van der Waals surface area (Å²) in [5.41, 5.74) is 4.55. The molecule has 0 aromatic carbocycles. The largest absolute Gasteiger partial charge is 0.316 e. The van der Waals surface area contributed by atoms with Gasteiger partial charge >= 0.3 is 0 Å². The lowest BCUT2D eigenvalue weighted by Crippen LogP contribution is -2.16. The number of nitrogens with one attached hydrogen (secondary N) is 1. The summed E-state index contributed by atoms with van der Waals surface area (Å²) in [6.45, 7) is 1.99. The number of hydrogen-bond donors (Lipinski definition) is 1. The number of pyridine rings is 1. The molecule has 4 nitrogen and oxygen atoms in total. The Balaban J connectivity index is 2.11. The molecule has 0 atom stereocenters. The van der Waals surface area contributed by atoms with Gasteiger partial charge < -0.3 is 5.32 Å². The summed E-state index contributed by atoms with van der Waals surface area (Å²) in [7, 11) is 0. The second-order valence-corrected chi connectivity index (χ2v) is 4.14. The number of fused-ring (bicyclic) bond motifs is 1. The Labute approximate surface area is 100 Å². The van der Waals surface area contributed by atoms with E-state index in [0.29, 0.717) is 0 Å². The Morgan fingerprint density at radius 2 is 2.06 bits per heavy atom. The highest BCUT2D eigenvalue weighted by molar-refractivity contribution is 5.62. The molecule has 86 valence electrons. The van der Waals surface area contributed by atoms with Crippen LogP contribution in [0.15, 0.2) is 30.9 Å². The summed E-state index contributed by atoms with van der Waals surface area (Å²) in [6.07, 6.45) is 7.27. The van der Waals surface area contributed by atoms with Crippen molar-refractivity contribution >= 4 is 0 Å².